The molecule has 1 aliphatic rings. The summed E-state index contributed by atoms with van der Waals surface area (Å²) in [5.41, 5.74) is 1.22. The number of rotatable bonds is 5. The second-order valence-corrected chi connectivity index (χ2v) is 6.86. The Hall–Kier alpha value is -2.74. The van der Waals surface area contributed by atoms with Gasteiger partial charge in [-0.1, -0.05) is 12.1 Å². The van der Waals surface area contributed by atoms with Crippen molar-refractivity contribution in [1.82, 2.24) is 5.32 Å². The monoisotopic (exact) mass is 348 g/mol. The van der Waals surface area contributed by atoms with E-state index in [1.165, 1.54) is 19.2 Å². The number of amides is 1. The van der Waals surface area contributed by atoms with Crippen molar-refractivity contribution >= 4 is 21.8 Å². The van der Waals surface area contributed by atoms with Crippen LogP contribution >= 0.6 is 0 Å². The van der Waals surface area contributed by atoms with E-state index in [9.17, 15) is 13.2 Å². The molecule has 24 heavy (non-hydrogen) atoms. The Morgan fingerprint density at radius 1 is 1.12 bits per heavy atom. The summed E-state index contributed by atoms with van der Waals surface area (Å²) in [5, 5.41) is 2.57. The quantitative estimate of drug-likeness (QED) is 0.864. The van der Waals surface area contributed by atoms with E-state index >= 15 is 0 Å². The van der Waals surface area contributed by atoms with Gasteiger partial charge in [0.2, 0.25) is 0 Å². The Balaban J connectivity index is 1.73. The van der Waals surface area contributed by atoms with Crippen LogP contribution in [-0.4, -0.2) is 28.2 Å². The molecule has 8 heteroatoms. The van der Waals surface area contributed by atoms with Gasteiger partial charge in [0, 0.05) is 5.69 Å². The van der Waals surface area contributed by atoms with Crippen LogP contribution in [0.2, 0.25) is 0 Å². The summed E-state index contributed by atoms with van der Waals surface area (Å²) in [6.45, 7) is 0.399. The van der Waals surface area contributed by atoms with Gasteiger partial charge in [-0.05, 0) is 42.0 Å². The maximum absolute atomic E-state index is 12.4. The summed E-state index contributed by atoms with van der Waals surface area (Å²) in [6.07, 6.45) is -0.811. The van der Waals surface area contributed by atoms with Crippen LogP contribution in [0.5, 0.6) is 5.75 Å². The highest BCUT2D eigenvalue weighted by atomic mass is 32.2. The number of ether oxygens (including phenoxy) is 2. The van der Waals surface area contributed by atoms with Crippen LogP contribution in [-0.2, 0) is 14.8 Å². The van der Waals surface area contributed by atoms with E-state index in [1.807, 2.05) is 0 Å². The third-order valence-electron chi connectivity index (χ3n) is 3.59. The Morgan fingerprint density at radius 2 is 1.79 bits per heavy atom. The number of sulfonamides is 1. The molecular weight excluding hydrogens is 332 g/mol. The van der Waals surface area contributed by atoms with Crippen molar-refractivity contribution in [3.05, 3.63) is 54.1 Å². The van der Waals surface area contributed by atoms with Crippen molar-refractivity contribution in [2.45, 2.75) is 11.0 Å². The molecule has 0 bridgehead atoms. The molecule has 1 saturated heterocycles. The summed E-state index contributed by atoms with van der Waals surface area (Å²) in [6, 6.07) is 12.8. The van der Waals surface area contributed by atoms with Crippen LogP contribution in [0.1, 0.15) is 11.7 Å². The number of benzene rings is 2. The van der Waals surface area contributed by atoms with Gasteiger partial charge in [-0.3, -0.25) is 4.72 Å². The Kier molecular flexibility index (Phi) is 4.30. The van der Waals surface area contributed by atoms with Gasteiger partial charge in [0.05, 0.1) is 18.6 Å². The SMILES string of the molecule is COc1ccc(S(=O)(=O)Nc2ccc(C3CNC(=O)O3)cc2)cc1. The van der Waals surface area contributed by atoms with E-state index < -0.39 is 16.1 Å². The first-order chi connectivity index (χ1) is 11.5. The Morgan fingerprint density at radius 3 is 2.33 bits per heavy atom. The molecule has 1 heterocycles. The van der Waals surface area contributed by atoms with Crippen LogP contribution in [0.3, 0.4) is 0 Å². The van der Waals surface area contributed by atoms with Crippen LogP contribution in [0.25, 0.3) is 0 Å². The van der Waals surface area contributed by atoms with Gasteiger partial charge in [-0.25, -0.2) is 13.2 Å². The molecule has 0 aliphatic carbocycles. The number of anilines is 1. The number of hydrogen-bond acceptors (Lipinski definition) is 5. The van der Waals surface area contributed by atoms with E-state index in [-0.39, 0.29) is 11.0 Å². The molecule has 2 aromatic carbocycles. The Labute approximate surface area is 139 Å². The Bertz CT molecular complexity index is 832. The number of alkyl carbamates (subject to hydrolysis) is 1. The van der Waals surface area contributed by atoms with E-state index in [1.54, 1.807) is 36.4 Å². The minimum Gasteiger partial charge on any atom is -0.497 e. The van der Waals surface area contributed by atoms with Crippen LogP contribution in [0.15, 0.2) is 53.4 Å². The zero-order valence-electron chi connectivity index (χ0n) is 12.9. The molecule has 1 unspecified atom stereocenters. The first-order valence-corrected chi connectivity index (χ1v) is 8.67. The summed E-state index contributed by atoms with van der Waals surface area (Å²) in [4.78, 5) is 11.2. The van der Waals surface area contributed by atoms with E-state index in [0.29, 0.717) is 18.0 Å². The summed E-state index contributed by atoms with van der Waals surface area (Å²) in [5.74, 6) is 0.582. The predicted molar refractivity (Wildman–Crippen MR) is 87.5 cm³/mol. The first-order valence-electron chi connectivity index (χ1n) is 7.19. The standard InChI is InChI=1S/C16H16N2O5S/c1-22-13-6-8-14(9-7-13)24(20,21)18-12-4-2-11(3-5-12)15-10-17-16(19)23-15/h2-9,15,18H,10H2,1H3,(H,17,19). The molecule has 0 radical (unpaired) electrons. The largest absolute Gasteiger partial charge is 0.497 e. The second kappa shape index (κ2) is 6.40. The fraction of sp³-hybridized carbons (Fsp3) is 0.188. The highest BCUT2D eigenvalue weighted by Crippen LogP contribution is 2.24. The van der Waals surface area contributed by atoms with Crippen molar-refractivity contribution in [3.63, 3.8) is 0 Å². The third-order valence-corrected chi connectivity index (χ3v) is 4.98. The van der Waals surface area contributed by atoms with Crippen LogP contribution < -0.4 is 14.8 Å². The molecule has 0 aromatic heterocycles. The average molecular weight is 348 g/mol. The maximum Gasteiger partial charge on any atom is 0.407 e. The second-order valence-electron chi connectivity index (χ2n) is 5.18. The fourth-order valence-corrected chi connectivity index (χ4v) is 3.37. The van der Waals surface area contributed by atoms with Crippen LogP contribution in [0, 0.1) is 0 Å². The molecule has 7 nitrogen and oxygen atoms in total. The number of carbonyl (C=O) groups excluding carboxylic acids is 1. The van der Waals surface area contributed by atoms with Gasteiger partial charge in [0.25, 0.3) is 10.0 Å². The zero-order chi connectivity index (χ0) is 17.2. The minimum absolute atomic E-state index is 0.140. The van der Waals surface area contributed by atoms with Crippen molar-refractivity contribution < 1.29 is 22.7 Å². The molecule has 1 atom stereocenters. The smallest absolute Gasteiger partial charge is 0.407 e. The maximum atomic E-state index is 12.4. The number of hydrogen-bond donors (Lipinski definition) is 2. The fourth-order valence-electron chi connectivity index (χ4n) is 2.31. The molecule has 1 aliphatic heterocycles. The lowest BCUT2D eigenvalue weighted by atomic mass is 10.1. The lowest BCUT2D eigenvalue weighted by Gasteiger charge is -2.11. The third kappa shape index (κ3) is 3.43. The van der Waals surface area contributed by atoms with E-state index in [2.05, 4.69) is 10.0 Å². The topological polar surface area (TPSA) is 93.7 Å². The highest BCUT2D eigenvalue weighted by molar-refractivity contribution is 7.92. The molecule has 1 fully saturated rings. The molecule has 0 spiro atoms. The van der Waals surface area contributed by atoms with Gasteiger partial charge >= 0.3 is 6.09 Å². The zero-order valence-corrected chi connectivity index (χ0v) is 13.7. The summed E-state index contributed by atoms with van der Waals surface area (Å²) >= 11 is 0. The van der Waals surface area contributed by atoms with Gasteiger partial charge in [0.1, 0.15) is 11.9 Å². The number of methoxy groups -OCH3 is 1. The van der Waals surface area contributed by atoms with E-state index in [0.717, 1.165) is 5.56 Å². The number of cyclic esters (lactones) is 1. The van der Waals surface area contributed by atoms with Crippen molar-refractivity contribution in [2.75, 3.05) is 18.4 Å². The molecule has 126 valence electrons. The first kappa shape index (κ1) is 16.1. The van der Waals surface area contributed by atoms with Crippen molar-refractivity contribution in [1.29, 1.82) is 0 Å². The lowest BCUT2D eigenvalue weighted by molar-refractivity contribution is 0.141. The van der Waals surface area contributed by atoms with Gasteiger partial charge in [0.15, 0.2) is 0 Å². The van der Waals surface area contributed by atoms with E-state index in [4.69, 9.17) is 9.47 Å². The minimum atomic E-state index is -3.68. The van der Waals surface area contributed by atoms with Gasteiger partial charge < -0.3 is 14.8 Å². The normalized spacial score (nSPS) is 17.0. The van der Waals surface area contributed by atoms with Crippen LogP contribution in [0.4, 0.5) is 10.5 Å². The summed E-state index contributed by atoms with van der Waals surface area (Å²) in [7, 11) is -2.17. The highest BCUT2D eigenvalue weighted by Gasteiger charge is 2.24. The predicted octanol–water partition coefficient (Wildman–Crippen LogP) is 2.28. The molecular formula is C16H16N2O5S. The summed E-state index contributed by atoms with van der Waals surface area (Å²) < 4.78 is 37.3. The molecule has 0 saturated carbocycles. The lowest BCUT2D eigenvalue weighted by Crippen LogP contribution is -2.13. The van der Waals surface area contributed by atoms with Gasteiger partial charge in [-0.2, -0.15) is 0 Å². The molecule has 1 amide bonds. The van der Waals surface area contributed by atoms with Crippen molar-refractivity contribution in [3.8, 4) is 5.75 Å². The molecule has 2 aromatic rings. The number of carbonyl (C=O) groups is 1. The van der Waals surface area contributed by atoms with Crippen molar-refractivity contribution in [2.24, 2.45) is 0 Å². The number of nitrogens with one attached hydrogen (secondary N) is 2. The average Bonchev–Trinajstić information content (AvgIpc) is 3.02. The molecule has 3 rings (SSSR count). The van der Waals surface area contributed by atoms with Gasteiger partial charge in [-0.15, -0.1) is 0 Å². The molecule has 2 N–H and O–H groups in total.